The van der Waals surface area contributed by atoms with Crippen LogP contribution >= 0.6 is 24.0 Å². The molecule has 0 bridgehead atoms. The average Bonchev–Trinajstić information content (AvgIpc) is 2.36. The van der Waals surface area contributed by atoms with Crippen molar-refractivity contribution >= 4 is 29.9 Å². The zero-order chi connectivity index (χ0) is 15.3. The Kier molecular flexibility index (Phi) is 16.1. The average molecular weight is 425 g/mol. The van der Waals surface area contributed by atoms with Gasteiger partial charge in [0.05, 0.1) is 0 Å². The van der Waals surface area contributed by atoms with E-state index >= 15 is 0 Å². The Labute approximate surface area is 142 Å². The topological polar surface area (TPSA) is 45.7 Å². The second-order valence-corrected chi connectivity index (χ2v) is 4.31. The van der Waals surface area contributed by atoms with Crippen LogP contribution in [-0.4, -0.2) is 45.0 Å². The summed E-state index contributed by atoms with van der Waals surface area (Å²) in [7, 11) is 0. The smallest absolute Gasteiger partial charge is 0.382 e. The predicted molar refractivity (Wildman–Crippen MR) is 90.4 cm³/mol. The highest BCUT2D eigenvalue weighted by molar-refractivity contribution is 14.0. The highest BCUT2D eigenvalue weighted by Gasteiger charge is 2.25. The van der Waals surface area contributed by atoms with Crippen molar-refractivity contribution in [2.45, 2.75) is 45.7 Å². The van der Waals surface area contributed by atoms with Crippen LogP contribution < -0.4 is 10.6 Å². The maximum atomic E-state index is 12.0. The summed E-state index contributed by atoms with van der Waals surface area (Å²) in [6, 6.07) is 0. The lowest BCUT2D eigenvalue weighted by Gasteiger charge is -2.11. The van der Waals surface area contributed by atoms with Gasteiger partial charge < -0.3 is 15.4 Å². The van der Waals surface area contributed by atoms with Gasteiger partial charge >= 0.3 is 6.18 Å². The fraction of sp³-hybridized carbons (Fsp3) is 0.923. The third kappa shape index (κ3) is 17.7. The molecule has 0 atom stereocenters. The van der Waals surface area contributed by atoms with Gasteiger partial charge in [0.25, 0.3) is 0 Å². The van der Waals surface area contributed by atoms with E-state index in [0.29, 0.717) is 38.7 Å². The molecule has 0 saturated carbocycles. The fourth-order valence-electron chi connectivity index (χ4n) is 1.50. The van der Waals surface area contributed by atoms with E-state index in [4.69, 9.17) is 4.74 Å². The lowest BCUT2D eigenvalue weighted by Crippen LogP contribution is -2.38. The molecule has 0 spiro atoms. The summed E-state index contributed by atoms with van der Waals surface area (Å²) in [5.41, 5.74) is 0. The third-order valence-corrected chi connectivity index (χ3v) is 2.44. The van der Waals surface area contributed by atoms with Gasteiger partial charge in [0.1, 0.15) is 0 Å². The molecule has 0 amide bonds. The molecule has 0 fully saturated rings. The first kappa shape index (κ1) is 23.0. The van der Waals surface area contributed by atoms with Crippen LogP contribution in [0.5, 0.6) is 0 Å². The normalized spacial score (nSPS) is 12.0. The second kappa shape index (κ2) is 14.7. The lowest BCUT2D eigenvalue weighted by molar-refractivity contribution is -0.135. The highest BCUT2D eigenvalue weighted by Crippen LogP contribution is 2.21. The minimum absolute atomic E-state index is 0. The SMILES string of the molecule is CCNC(=NCCCOCC)NCCCCC(F)(F)F.I. The minimum Gasteiger partial charge on any atom is -0.382 e. The van der Waals surface area contributed by atoms with Gasteiger partial charge in [-0.2, -0.15) is 13.2 Å². The van der Waals surface area contributed by atoms with Crippen molar-refractivity contribution < 1.29 is 17.9 Å². The second-order valence-electron chi connectivity index (χ2n) is 4.31. The molecule has 4 nitrogen and oxygen atoms in total. The van der Waals surface area contributed by atoms with Crippen LogP contribution in [0.15, 0.2) is 4.99 Å². The molecule has 0 heterocycles. The van der Waals surface area contributed by atoms with Crippen LogP contribution in [0.1, 0.15) is 39.5 Å². The molecule has 2 N–H and O–H groups in total. The Balaban J connectivity index is 0. The number of nitrogens with one attached hydrogen (secondary N) is 2. The Morgan fingerprint density at radius 3 is 2.38 bits per heavy atom. The summed E-state index contributed by atoms with van der Waals surface area (Å²) in [5, 5.41) is 6.09. The summed E-state index contributed by atoms with van der Waals surface area (Å²) in [6.45, 7) is 7.11. The summed E-state index contributed by atoms with van der Waals surface area (Å²) in [5.74, 6) is 0.649. The maximum Gasteiger partial charge on any atom is 0.389 e. The van der Waals surface area contributed by atoms with Crippen LogP contribution in [0.25, 0.3) is 0 Å². The molecule has 0 unspecified atom stereocenters. The predicted octanol–water partition coefficient (Wildman–Crippen LogP) is 3.32. The van der Waals surface area contributed by atoms with Crippen molar-refractivity contribution in [3.8, 4) is 0 Å². The first-order chi connectivity index (χ1) is 9.49. The molecule has 0 aliphatic rings. The van der Waals surface area contributed by atoms with Gasteiger partial charge in [-0.05, 0) is 33.1 Å². The van der Waals surface area contributed by atoms with E-state index in [1.165, 1.54) is 0 Å². The summed E-state index contributed by atoms with van der Waals surface area (Å²) in [6.07, 6.45) is -3.34. The van der Waals surface area contributed by atoms with E-state index in [-0.39, 0.29) is 30.4 Å². The van der Waals surface area contributed by atoms with Gasteiger partial charge in [0, 0.05) is 39.3 Å². The minimum atomic E-state index is -4.06. The van der Waals surface area contributed by atoms with Crippen molar-refractivity contribution in [1.82, 2.24) is 10.6 Å². The number of halogens is 4. The Morgan fingerprint density at radius 2 is 1.81 bits per heavy atom. The van der Waals surface area contributed by atoms with Gasteiger partial charge in [0.2, 0.25) is 0 Å². The van der Waals surface area contributed by atoms with Gasteiger partial charge in [-0.15, -0.1) is 24.0 Å². The standard InChI is InChI=1S/C13H26F3N3O.HI/c1-3-17-12(19-10-7-11-20-4-2)18-9-6-5-8-13(14,15)16;/h3-11H2,1-2H3,(H2,17,18,19);1H. The highest BCUT2D eigenvalue weighted by atomic mass is 127. The molecule has 0 aromatic carbocycles. The molecule has 0 aromatic heterocycles. The first-order valence-electron chi connectivity index (χ1n) is 7.16. The molecule has 0 aliphatic carbocycles. The molecule has 0 radical (unpaired) electrons. The zero-order valence-corrected chi connectivity index (χ0v) is 15.1. The molecule has 21 heavy (non-hydrogen) atoms. The van der Waals surface area contributed by atoms with Crippen molar-refractivity contribution in [2.24, 2.45) is 4.99 Å². The largest absolute Gasteiger partial charge is 0.389 e. The van der Waals surface area contributed by atoms with Crippen LogP contribution in [0.4, 0.5) is 13.2 Å². The van der Waals surface area contributed by atoms with Gasteiger partial charge in [-0.1, -0.05) is 0 Å². The van der Waals surface area contributed by atoms with Gasteiger partial charge in [-0.25, -0.2) is 0 Å². The van der Waals surface area contributed by atoms with Gasteiger partial charge in [0.15, 0.2) is 5.96 Å². The Hall–Kier alpha value is -0.250. The van der Waals surface area contributed by atoms with Crippen LogP contribution in [-0.2, 0) is 4.74 Å². The summed E-state index contributed by atoms with van der Waals surface area (Å²) in [4.78, 5) is 4.32. The van der Waals surface area contributed by atoms with Crippen molar-refractivity contribution in [1.29, 1.82) is 0 Å². The number of hydrogen-bond donors (Lipinski definition) is 2. The summed E-state index contributed by atoms with van der Waals surface area (Å²) >= 11 is 0. The molecule has 8 heteroatoms. The van der Waals surface area contributed by atoms with Crippen LogP contribution in [0.2, 0.25) is 0 Å². The molecular formula is C13H27F3IN3O. The molecule has 0 aromatic rings. The van der Waals surface area contributed by atoms with Crippen molar-refractivity contribution in [3.63, 3.8) is 0 Å². The Bertz CT molecular complexity index is 264. The van der Waals surface area contributed by atoms with Crippen LogP contribution in [0.3, 0.4) is 0 Å². The van der Waals surface area contributed by atoms with E-state index in [1.54, 1.807) is 0 Å². The van der Waals surface area contributed by atoms with Crippen molar-refractivity contribution in [2.75, 3.05) is 32.8 Å². The zero-order valence-electron chi connectivity index (χ0n) is 12.8. The first-order valence-corrected chi connectivity index (χ1v) is 7.16. The van der Waals surface area contributed by atoms with E-state index in [9.17, 15) is 13.2 Å². The number of nitrogens with zero attached hydrogens (tertiary/aromatic N) is 1. The fourth-order valence-corrected chi connectivity index (χ4v) is 1.50. The number of rotatable bonds is 10. The Morgan fingerprint density at radius 1 is 1.10 bits per heavy atom. The van der Waals surface area contributed by atoms with E-state index in [1.807, 2.05) is 13.8 Å². The number of alkyl halides is 3. The van der Waals surface area contributed by atoms with E-state index in [2.05, 4.69) is 15.6 Å². The number of unbranched alkanes of at least 4 members (excludes halogenated alkanes) is 1. The van der Waals surface area contributed by atoms with Crippen LogP contribution in [0, 0.1) is 0 Å². The molecule has 0 aliphatic heterocycles. The third-order valence-electron chi connectivity index (χ3n) is 2.44. The number of guanidine groups is 1. The number of ether oxygens (including phenoxy) is 1. The number of hydrogen-bond acceptors (Lipinski definition) is 2. The maximum absolute atomic E-state index is 12.0. The quantitative estimate of drug-likeness (QED) is 0.244. The van der Waals surface area contributed by atoms with E-state index in [0.717, 1.165) is 13.0 Å². The van der Waals surface area contributed by atoms with Gasteiger partial charge in [-0.3, -0.25) is 4.99 Å². The summed E-state index contributed by atoms with van der Waals surface area (Å²) < 4.78 is 41.1. The monoisotopic (exact) mass is 425 g/mol. The van der Waals surface area contributed by atoms with Crippen molar-refractivity contribution in [3.05, 3.63) is 0 Å². The van der Waals surface area contributed by atoms with E-state index < -0.39 is 12.6 Å². The number of aliphatic imine (C=N–C) groups is 1. The molecule has 128 valence electrons. The molecular weight excluding hydrogens is 398 g/mol. The molecule has 0 saturated heterocycles. The lowest BCUT2D eigenvalue weighted by atomic mass is 10.2. The molecule has 0 rings (SSSR count).